The molecule has 3 heteroatoms. The molecule has 0 bridgehead atoms. The predicted molar refractivity (Wildman–Crippen MR) is 18.9 cm³/mol. The van der Waals surface area contributed by atoms with Gasteiger partial charge < -0.3 is 10.5 Å². The van der Waals surface area contributed by atoms with Crippen LogP contribution in [0.2, 0.25) is 0 Å². The maximum atomic E-state index is 9.86. The van der Waals surface area contributed by atoms with Crippen molar-refractivity contribution in [2.45, 2.75) is 6.10 Å². The summed E-state index contributed by atoms with van der Waals surface area (Å²) in [5.41, 5.74) is 4.73. The number of epoxide rings is 1. The van der Waals surface area contributed by atoms with Crippen molar-refractivity contribution in [3.8, 4) is 0 Å². The topological polar surface area (TPSA) is 55.6 Å². The van der Waals surface area contributed by atoms with Gasteiger partial charge in [-0.1, -0.05) is 0 Å². The second-order valence-corrected chi connectivity index (χ2v) is 1.22. The molecular weight excluding hydrogens is 85.0 g/mol. The van der Waals surface area contributed by atoms with Gasteiger partial charge in [0.2, 0.25) is 5.91 Å². The Kier molecular flexibility index (Phi) is 0.569. The summed E-state index contributed by atoms with van der Waals surface area (Å²) < 4.78 is 4.50. The first-order valence-electron chi connectivity index (χ1n) is 1.71. The van der Waals surface area contributed by atoms with E-state index in [9.17, 15) is 4.79 Å². The molecule has 1 aliphatic heterocycles. The lowest BCUT2D eigenvalue weighted by atomic mass is 11.4. The molecule has 0 aromatic heterocycles. The molecule has 0 spiro atoms. The van der Waals surface area contributed by atoms with E-state index in [1.165, 1.54) is 0 Å². The van der Waals surface area contributed by atoms with Gasteiger partial charge in [-0.2, -0.15) is 0 Å². The fraction of sp³-hybridized carbons (Fsp3) is 0.667. The van der Waals surface area contributed by atoms with Crippen LogP contribution in [0.15, 0.2) is 0 Å². The Morgan fingerprint density at radius 3 is 2.50 bits per heavy atom. The van der Waals surface area contributed by atoms with Crippen molar-refractivity contribution < 1.29 is 9.53 Å². The molecule has 1 fully saturated rings. The van der Waals surface area contributed by atoms with E-state index in [4.69, 9.17) is 5.73 Å². The molecule has 1 unspecified atom stereocenters. The second kappa shape index (κ2) is 0.944. The van der Waals surface area contributed by atoms with Crippen LogP contribution in [0.4, 0.5) is 0 Å². The minimum absolute atomic E-state index is 0.259. The molecule has 1 rings (SSSR count). The van der Waals surface area contributed by atoms with Crippen LogP contribution in [0.1, 0.15) is 0 Å². The quantitative estimate of drug-likeness (QED) is 0.327. The van der Waals surface area contributed by atoms with Gasteiger partial charge in [0.25, 0.3) is 0 Å². The minimum atomic E-state index is -0.352. The molecule has 0 saturated carbocycles. The third kappa shape index (κ3) is 0.490. The smallest absolute Gasteiger partial charge is 0.248 e. The van der Waals surface area contributed by atoms with Crippen molar-refractivity contribution in [2.75, 3.05) is 6.61 Å². The minimum Gasteiger partial charge on any atom is -0.367 e. The van der Waals surface area contributed by atoms with Crippen LogP contribution in [0, 0.1) is 0 Å². The number of hydrogen-bond acceptors (Lipinski definition) is 2. The molecule has 1 heterocycles. The van der Waals surface area contributed by atoms with Crippen LogP contribution in [0.5, 0.6) is 0 Å². The van der Waals surface area contributed by atoms with Crippen LogP contribution in [-0.4, -0.2) is 18.6 Å². The Bertz CT molecular complexity index is 76.9. The summed E-state index contributed by atoms with van der Waals surface area (Å²) >= 11 is 0. The molecule has 1 amide bonds. The molecule has 1 saturated heterocycles. The molecule has 2 N–H and O–H groups in total. The summed E-state index contributed by atoms with van der Waals surface area (Å²) in [6.45, 7) is 0.523. The molecule has 0 radical (unpaired) electrons. The van der Waals surface area contributed by atoms with Gasteiger partial charge in [0.15, 0.2) is 6.10 Å². The summed E-state index contributed by atoms with van der Waals surface area (Å²) in [5.74, 6) is -0.352. The molecule has 34 valence electrons. The molecule has 3 nitrogen and oxygen atoms in total. The summed E-state index contributed by atoms with van der Waals surface area (Å²) in [6, 6.07) is 0. The van der Waals surface area contributed by atoms with Gasteiger partial charge >= 0.3 is 0 Å². The van der Waals surface area contributed by atoms with Crippen LogP contribution >= 0.6 is 0 Å². The molecule has 6 heavy (non-hydrogen) atoms. The van der Waals surface area contributed by atoms with E-state index in [0.29, 0.717) is 6.61 Å². The average molecular weight is 90.1 g/mol. The Morgan fingerprint density at radius 2 is 2.50 bits per heavy atom. The summed E-state index contributed by atoms with van der Waals surface area (Å²) in [5, 5.41) is 0. The number of rotatable bonds is 1. The fourth-order valence-corrected chi connectivity index (χ4v) is 0.212. The van der Waals surface area contributed by atoms with Crippen molar-refractivity contribution in [2.24, 2.45) is 5.73 Å². The zero-order valence-electron chi connectivity index (χ0n) is 3.18. The third-order valence-electron chi connectivity index (χ3n) is 0.651. The number of carbonyl (C=O) groups is 1. The lowest BCUT2D eigenvalue weighted by Gasteiger charge is -1.73. The zero-order chi connectivity index (χ0) is 4.57. The lowest BCUT2D eigenvalue weighted by Crippen LogP contribution is -2.17. The van der Waals surface area contributed by atoms with E-state index < -0.39 is 0 Å². The van der Waals surface area contributed by atoms with Crippen LogP contribution < -0.4 is 5.73 Å². The SMILES string of the molecule is N[13C](=O)[13CH]1[13CH2]O1. The Balaban J connectivity index is 2.31. The number of amides is 1. The Morgan fingerprint density at radius 1 is 2.00 bits per heavy atom. The molecule has 0 aromatic carbocycles. The van der Waals surface area contributed by atoms with E-state index in [0.717, 1.165) is 0 Å². The zero-order valence-corrected chi connectivity index (χ0v) is 3.18. The summed E-state index contributed by atoms with van der Waals surface area (Å²) in [6.07, 6.45) is -0.259. The summed E-state index contributed by atoms with van der Waals surface area (Å²) in [7, 11) is 0. The number of ether oxygens (including phenoxy) is 1. The van der Waals surface area contributed by atoms with Gasteiger partial charge in [0, 0.05) is 0 Å². The van der Waals surface area contributed by atoms with Crippen LogP contribution in [0.3, 0.4) is 0 Å². The Hall–Kier alpha value is -0.570. The molecule has 1 atom stereocenters. The monoisotopic (exact) mass is 90.0 g/mol. The van der Waals surface area contributed by atoms with Gasteiger partial charge in [-0.3, -0.25) is 4.79 Å². The molecule has 1 aliphatic rings. The standard InChI is InChI=1S/C3H5NO2/c4-3(5)2-1-6-2/h2H,1H2,(H2,4,5)/i1+1,2+1,3+1. The predicted octanol–water partition coefficient (Wildman–Crippen LogP) is -1.13. The highest BCUT2D eigenvalue weighted by Crippen LogP contribution is 2.05. The maximum Gasteiger partial charge on any atom is 0.248 e. The first-order chi connectivity index (χ1) is 2.80. The number of nitrogens with two attached hydrogens (primary N) is 1. The molecule has 0 aromatic rings. The number of hydrogen-bond donors (Lipinski definition) is 1. The second-order valence-electron chi connectivity index (χ2n) is 1.22. The number of primary amides is 1. The van der Waals surface area contributed by atoms with E-state index in [1.807, 2.05) is 0 Å². The normalized spacial score (nSPS) is 29.7. The fourth-order valence-electron chi connectivity index (χ4n) is 0.212. The van der Waals surface area contributed by atoms with Crippen molar-refractivity contribution in [3.05, 3.63) is 0 Å². The number of carbonyl (C=O) groups excluding carboxylic acids is 1. The highest BCUT2D eigenvalue weighted by atomic mass is 16.8. The van der Waals surface area contributed by atoms with E-state index in [2.05, 4.69) is 4.74 Å². The van der Waals surface area contributed by atoms with Gasteiger partial charge in [-0.15, -0.1) is 0 Å². The molecule has 0 aliphatic carbocycles. The first kappa shape index (κ1) is 3.61. The highest BCUT2D eigenvalue weighted by molar-refractivity contribution is 5.80. The van der Waals surface area contributed by atoms with E-state index in [-0.39, 0.29) is 12.0 Å². The average Bonchev–Trinajstić information content (AvgIpc) is 2.06. The van der Waals surface area contributed by atoms with Gasteiger partial charge in [0.05, 0.1) is 6.61 Å². The van der Waals surface area contributed by atoms with Crippen molar-refractivity contribution in [1.29, 1.82) is 0 Å². The molecular formula is C3H5NO2. The Labute approximate surface area is 35.1 Å². The first-order valence-corrected chi connectivity index (χ1v) is 1.71. The third-order valence-corrected chi connectivity index (χ3v) is 0.651. The van der Waals surface area contributed by atoms with E-state index in [1.54, 1.807) is 0 Å². The largest absolute Gasteiger partial charge is 0.367 e. The van der Waals surface area contributed by atoms with E-state index >= 15 is 0 Å². The van der Waals surface area contributed by atoms with Crippen molar-refractivity contribution in [3.63, 3.8) is 0 Å². The van der Waals surface area contributed by atoms with Crippen LogP contribution in [0.25, 0.3) is 0 Å². The summed E-state index contributed by atoms with van der Waals surface area (Å²) in [4.78, 5) is 9.86. The van der Waals surface area contributed by atoms with Crippen LogP contribution in [-0.2, 0) is 9.53 Å². The van der Waals surface area contributed by atoms with Crippen molar-refractivity contribution >= 4 is 5.91 Å². The van der Waals surface area contributed by atoms with Gasteiger partial charge in [0.1, 0.15) is 0 Å². The maximum absolute atomic E-state index is 9.86. The highest BCUT2D eigenvalue weighted by Gasteiger charge is 2.28. The van der Waals surface area contributed by atoms with Crippen molar-refractivity contribution in [1.82, 2.24) is 0 Å². The van der Waals surface area contributed by atoms with Gasteiger partial charge in [-0.25, -0.2) is 0 Å². The lowest BCUT2D eigenvalue weighted by molar-refractivity contribution is -0.119. The van der Waals surface area contributed by atoms with Gasteiger partial charge in [-0.05, 0) is 0 Å².